The quantitative estimate of drug-likeness (QED) is 0.650. The van der Waals surface area contributed by atoms with Crippen molar-refractivity contribution >= 4 is 27.5 Å². The molecular formula is C10H11BrN2O4. The minimum atomic E-state index is -0.573. The van der Waals surface area contributed by atoms with Crippen LogP contribution in [-0.2, 0) is 0 Å². The largest absolute Gasteiger partial charge is 0.394 e. The van der Waals surface area contributed by atoms with Gasteiger partial charge in [-0.1, -0.05) is 0 Å². The van der Waals surface area contributed by atoms with E-state index in [1.54, 1.807) is 6.92 Å². The maximum Gasteiger partial charge on any atom is 0.284 e. The SMILES string of the molecule is C[C@H](CO)NC(=O)c1ccc(Br)c([N+](=O)[O-])c1. The molecule has 1 aromatic rings. The van der Waals surface area contributed by atoms with Crippen molar-refractivity contribution in [2.24, 2.45) is 0 Å². The highest BCUT2D eigenvalue weighted by atomic mass is 79.9. The average molecular weight is 303 g/mol. The first-order valence-electron chi connectivity index (χ1n) is 4.81. The van der Waals surface area contributed by atoms with Crippen LogP contribution < -0.4 is 5.32 Å². The van der Waals surface area contributed by atoms with Crippen LogP contribution in [0.1, 0.15) is 17.3 Å². The second-order valence-corrected chi connectivity index (χ2v) is 4.33. The third-order valence-electron chi connectivity index (χ3n) is 2.06. The van der Waals surface area contributed by atoms with E-state index in [9.17, 15) is 14.9 Å². The number of nitrogens with one attached hydrogen (secondary N) is 1. The number of nitrogens with zero attached hydrogens (tertiary/aromatic N) is 1. The van der Waals surface area contributed by atoms with Gasteiger partial charge in [-0.05, 0) is 35.0 Å². The van der Waals surface area contributed by atoms with E-state index in [0.717, 1.165) is 0 Å². The van der Waals surface area contributed by atoms with E-state index in [2.05, 4.69) is 21.2 Å². The molecule has 2 N–H and O–H groups in total. The van der Waals surface area contributed by atoms with Gasteiger partial charge in [-0.3, -0.25) is 14.9 Å². The van der Waals surface area contributed by atoms with Crippen LogP contribution in [-0.4, -0.2) is 28.6 Å². The molecule has 0 radical (unpaired) electrons. The Hall–Kier alpha value is -1.47. The Morgan fingerprint density at radius 1 is 1.65 bits per heavy atom. The zero-order chi connectivity index (χ0) is 13.0. The van der Waals surface area contributed by atoms with Gasteiger partial charge in [0.15, 0.2) is 0 Å². The van der Waals surface area contributed by atoms with Gasteiger partial charge in [0.05, 0.1) is 16.0 Å². The van der Waals surface area contributed by atoms with Gasteiger partial charge in [0.1, 0.15) is 0 Å². The molecule has 0 aliphatic heterocycles. The summed E-state index contributed by atoms with van der Waals surface area (Å²) in [6, 6.07) is 3.70. The van der Waals surface area contributed by atoms with Crippen molar-refractivity contribution in [1.29, 1.82) is 0 Å². The Bertz CT molecular complexity index is 450. The smallest absolute Gasteiger partial charge is 0.284 e. The Kier molecular flexibility index (Phi) is 4.59. The van der Waals surface area contributed by atoms with Crippen LogP contribution in [0.15, 0.2) is 22.7 Å². The fourth-order valence-electron chi connectivity index (χ4n) is 1.15. The number of aliphatic hydroxyl groups is 1. The van der Waals surface area contributed by atoms with Crippen molar-refractivity contribution in [3.63, 3.8) is 0 Å². The molecule has 0 spiro atoms. The molecule has 1 amide bonds. The van der Waals surface area contributed by atoms with Gasteiger partial charge in [-0.25, -0.2) is 0 Å². The molecule has 1 rings (SSSR count). The number of amides is 1. The van der Waals surface area contributed by atoms with Crippen LogP contribution in [0.3, 0.4) is 0 Å². The van der Waals surface area contributed by atoms with Gasteiger partial charge < -0.3 is 10.4 Å². The summed E-state index contributed by atoms with van der Waals surface area (Å²) >= 11 is 3.03. The lowest BCUT2D eigenvalue weighted by Gasteiger charge is -2.10. The van der Waals surface area contributed by atoms with Crippen molar-refractivity contribution in [3.8, 4) is 0 Å². The van der Waals surface area contributed by atoms with Crippen molar-refractivity contribution in [1.82, 2.24) is 5.32 Å². The minimum absolute atomic E-state index is 0.172. The van der Waals surface area contributed by atoms with E-state index < -0.39 is 16.9 Å². The molecule has 0 aliphatic carbocycles. The first-order chi connectivity index (χ1) is 7.95. The average Bonchev–Trinajstić information content (AvgIpc) is 2.28. The molecule has 1 aromatic carbocycles. The second kappa shape index (κ2) is 5.74. The van der Waals surface area contributed by atoms with Crippen LogP contribution >= 0.6 is 15.9 Å². The molecule has 0 unspecified atom stereocenters. The van der Waals surface area contributed by atoms with Gasteiger partial charge >= 0.3 is 0 Å². The second-order valence-electron chi connectivity index (χ2n) is 3.48. The first kappa shape index (κ1) is 13.6. The number of halogens is 1. The molecule has 17 heavy (non-hydrogen) atoms. The Morgan fingerprint density at radius 2 is 2.29 bits per heavy atom. The standard InChI is InChI=1S/C10H11BrN2O4/c1-6(5-14)12-10(15)7-2-3-8(11)9(4-7)13(16)17/h2-4,6,14H,5H2,1H3,(H,12,15)/t6-/m1/s1. The molecule has 92 valence electrons. The normalized spacial score (nSPS) is 11.9. The molecular weight excluding hydrogens is 292 g/mol. The lowest BCUT2D eigenvalue weighted by atomic mass is 10.2. The highest BCUT2D eigenvalue weighted by Gasteiger charge is 2.16. The predicted molar refractivity (Wildman–Crippen MR) is 64.8 cm³/mol. The number of carbonyl (C=O) groups excluding carboxylic acids is 1. The van der Waals surface area contributed by atoms with Crippen LogP contribution in [0.25, 0.3) is 0 Å². The highest BCUT2D eigenvalue weighted by molar-refractivity contribution is 9.10. The van der Waals surface area contributed by atoms with E-state index in [1.807, 2.05) is 0 Å². The van der Waals surface area contributed by atoms with Gasteiger partial charge in [-0.2, -0.15) is 0 Å². The maximum atomic E-state index is 11.6. The number of hydrogen-bond donors (Lipinski definition) is 2. The Morgan fingerprint density at radius 3 is 2.82 bits per heavy atom. The van der Waals surface area contributed by atoms with Gasteiger partial charge in [-0.15, -0.1) is 0 Å². The third kappa shape index (κ3) is 3.50. The fourth-order valence-corrected chi connectivity index (χ4v) is 1.54. The summed E-state index contributed by atoms with van der Waals surface area (Å²) in [6.07, 6.45) is 0. The number of hydrogen-bond acceptors (Lipinski definition) is 4. The molecule has 0 heterocycles. The zero-order valence-corrected chi connectivity index (χ0v) is 10.6. The summed E-state index contributed by atoms with van der Waals surface area (Å²) in [5.41, 5.74) is 0.00880. The topological polar surface area (TPSA) is 92.5 Å². The van der Waals surface area contributed by atoms with Crippen LogP contribution in [0.2, 0.25) is 0 Å². The summed E-state index contributed by atoms with van der Waals surface area (Å²) in [7, 11) is 0. The molecule has 0 aromatic heterocycles. The molecule has 0 saturated carbocycles. The number of nitro groups is 1. The number of carbonyl (C=O) groups is 1. The first-order valence-corrected chi connectivity index (χ1v) is 5.60. The molecule has 0 aliphatic rings. The summed E-state index contributed by atoms with van der Waals surface area (Å²) in [5.74, 6) is -0.456. The lowest BCUT2D eigenvalue weighted by Crippen LogP contribution is -2.34. The van der Waals surface area contributed by atoms with E-state index in [-0.39, 0.29) is 17.9 Å². The monoisotopic (exact) mass is 302 g/mol. The highest BCUT2D eigenvalue weighted by Crippen LogP contribution is 2.25. The summed E-state index contributed by atoms with van der Waals surface area (Å²) < 4.78 is 0.314. The molecule has 7 heteroatoms. The molecule has 6 nitrogen and oxygen atoms in total. The van der Waals surface area contributed by atoms with Crippen LogP contribution in [0.4, 0.5) is 5.69 Å². The molecule has 0 saturated heterocycles. The van der Waals surface area contributed by atoms with E-state index in [0.29, 0.717) is 4.47 Å². The fraction of sp³-hybridized carbons (Fsp3) is 0.300. The van der Waals surface area contributed by atoms with E-state index >= 15 is 0 Å². The number of rotatable bonds is 4. The Balaban J connectivity index is 2.96. The van der Waals surface area contributed by atoms with Crippen molar-refractivity contribution in [3.05, 3.63) is 38.3 Å². The van der Waals surface area contributed by atoms with Gasteiger partial charge in [0.25, 0.3) is 11.6 Å². The Labute approximate surface area is 106 Å². The van der Waals surface area contributed by atoms with Crippen LogP contribution in [0, 0.1) is 10.1 Å². The predicted octanol–water partition coefficient (Wildman–Crippen LogP) is 1.47. The molecule has 0 bridgehead atoms. The number of nitro benzene ring substituents is 1. The number of aliphatic hydroxyl groups excluding tert-OH is 1. The zero-order valence-electron chi connectivity index (χ0n) is 9.01. The van der Waals surface area contributed by atoms with E-state index in [4.69, 9.17) is 5.11 Å². The number of benzene rings is 1. The van der Waals surface area contributed by atoms with E-state index in [1.165, 1.54) is 18.2 Å². The summed E-state index contributed by atoms with van der Waals surface area (Å²) in [4.78, 5) is 21.7. The van der Waals surface area contributed by atoms with Crippen molar-refractivity contribution < 1.29 is 14.8 Å². The summed E-state index contributed by atoms with van der Waals surface area (Å²) in [6.45, 7) is 1.44. The van der Waals surface area contributed by atoms with Crippen molar-refractivity contribution in [2.75, 3.05) is 6.61 Å². The minimum Gasteiger partial charge on any atom is -0.394 e. The summed E-state index contributed by atoms with van der Waals surface area (Å²) in [5, 5.41) is 22.0. The van der Waals surface area contributed by atoms with Gasteiger partial charge in [0.2, 0.25) is 0 Å². The lowest BCUT2D eigenvalue weighted by molar-refractivity contribution is -0.385. The van der Waals surface area contributed by atoms with Crippen molar-refractivity contribution in [2.45, 2.75) is 13.0 Å². The van der Waals surface area contributed by atoms with Crippen LogP contribution in [0.5, 0.6) is 0 Å². The maximum absolute atomic E-state index is 11.6. The third-order valence-corrected chi connectivity index (χ3v) is 2.73. The van der Waals surface area contributed by atoms with Gasteiger partial charge in [0, 0.05) is 17.7 Å². The molecule has 1 atom stereocenters. The molecule has 0 fully saturated rings.